The van der Waals surface area contributed by atoms with E-state index in [9.17, 15) is 26.4 Å². The number of hydrogen-bond acceptors (Lipinski definition) is 4. The van der Waals surface area contributed by atoms with Crippen LogP contribution in [0.15, 0.2) is 29.2 Å². The molecule has 5 nitrogen and oxygen atoms in total. The Kier molecular flexibility index (Phi) is 4.40. The maximum Gasteiger partial charge on any atom is 0.416 e. The fraction of sp³-hybridized carbons (Fsp3) is 0.300. The molecule has 19 heavy (non-hydrogen) atoms. The van der Waals surface area contributed by atoms with Crippen molar-refractivity contribution in [2.75, 3.05) is 12.4 Å². The minimum atomic E-state index is -4.53. The van der Waals surface area contributed by atoms with E-state index in [1.807, 2.05) is 0 Å². The van der Waals surface area contributed by atoms with Gasteiger partial charge in [-0.15, -0.1) is 0 Å². The van der Waals surface area contributed by atoms with Crippen LogP contribution in [0.1, 0.15) is 5.56 Å². The third-order valence-electron chi connectivity index (χ3n) is 2.14. The van der Waals surface area contributed by atoms with E-state index in [1.165, 1.54) is 0 Å². The highest BCUT2D eigenvalue weighted by Gasteiger charge is 2.30. The molecule has 0 saturated heterocycles. The van der Waals surface area contributed by atoms with E-state index < -0.39 is 40.0 Å². The van der Waals surface area contributed by atoms with Crippen molar-refractivity contribution < 1.29 is 31.1 Å². The average molecular weight is 297 g/mol. The van der Waals surface area contributed by atoms with Crippen LogP contribution < -0.4 is 5.73 Å². The molecule has 0 unspecified atom stereocenters. The number of hydrogen-bond donors (Lipinski definition) is 1. The molecule has 1 amide bonds. The summed E-state index contributed by atoms with van der Waals surface area (Å²) in [7, 11) is -3.82. The summed E-state index contributed by atoms with van der Waals surface area (Å²) in [6, 6.07) is 3.04. The number of ether oxygens (including phenoxy) is 1. The Balaban J connectivity index is 2.82. The molecule has 1 aromatic carbocycles. The van der Waals surface area contributed by atoms with Crippen LogP contribution in [-0.4, -0.2) is 26.9 Å². The molecular weight excluding hydrogens is 287 g/mol. The normalized spacial score (nSPS) is 12.2. The molecule has 0 fully saturated rings. The summed E-state index contributed by atoms with van der Waals surface area (Å²) in [5.41, 5.74) is 3.70. The molecular formula is C10H10F3NO4S. The van der Waals surface area contributed by atoms with Crippen molar-refractivity contribution in [1.29, 1.82) is 0 Å². The Morgan fingerprint density at radius 2 is 1.74 bits per heavy atom. The predicted octanol–water partition coefficient (Wildman–Crippen LogP) is 1.57. The van der Waals surface area contributed by atoms with E-state index in [2.05, 4.69) is 10.5 Å². The quantitative estimate of drug-likeness (QED) is 0.914. The Morgan fingerprint density at radius 3 is 2.16 bits per heavy atom. The van der Waals surface area contributed by atoms with Gasteiger partial charge >= 0.3 is 12.3 Å². The molecule has 0 bridgehead atoms. The molecule has 1 rings (SSSR count). The first-order chi connectivity index (χ1) is 8.63. The zero-order valence-corrected chi connectivity index (χ0v) is 10.3. The summed E-state index contributed by atoms with van der Waals surface area (Å²) in [5, 5.41) is 0. The number of benzene rings is 1. The molecule has 0 aliphatic heterocycles. The van der Waals surface area contributed by atoms with E-state index in [-0.39, 0.29) is 4.90 Å². The Hall–Kier alpha value is -1.77. The summed E-state index contributed by atoms with van der Waals surface area (Å²) in [4.78, 5) is 9.97. The number of alkyl halides is 3. The second kappa shape index (κ2) is 5.47. The summed E-state index contributed by atoms with van der Waals surface area (Å²) in [6.45, 7) is -0.460. The van der Waals surface area contributed by atoms with E-state index in [4.69, 9.17) is 0 Å². The highest BCUT2D eigenvalue weighted by Crippen LogP contribution is 2.29. The molecule has 0 atom stereocenters. The van der Waals surface area contributed by atoms with Gasteiger partial charge in [0.2, 0.25) is 0 Å². The maximum atomic E-state index is 12.3. The lowest BCUT2D eigenvalue weighted by molar-refractivity contribution is -0.137. The Bertz CT molecular complexity index is 551. The summed E-state index contributed by atoms with van der Waals surface area (Å²) >= 11 is 0. The van der Waals surface area contributed by atoms with Crippen molar-refractivity contribution in [3.8, 4) is 0 Å². The van der Waals surface area contributed by atoms with Crippen molar-refractivity contribution in [3.63, 3.8) is 0 Å². The Labute approximate surface area is 107 Å². The second-order valence-electron chi connectivity index (χ2n) is 3.51. The smallest absolute Gasteiger partial charge is 0.416 e. The lowest BCUT2D eigenvalue weighted by Gasteiger charge is -2.08. The molecule has 106 valence electrons. The lowest BCUT2D eigenvalue weighted by atomic mass is 10.2. The van der Waals surface area contributed by atoms with Crippen LogP contribution in [0, 0.1) is 0 Å². The summed E-state index contributed by atoms with van der Waals surface area (Å²) in [5.74, 6) is -0.554. The van der Waals surface area contributed by atoms with Gasteiger partial charge in [-0.05, 0) is 24.3 Å². The molecule has 1 aromatic rings. The number of sulfone groups is 1. The van der Waals surface area contributed by atoms with Gasteiger partial charge in [0.25, 0.3) is 0 Å². The third kappa shape index (κ3) is 4.43. The standard InChI is InChI=1S/C10H10F3NO4S/c11-10(12,13)7-1-3-8(4-2-7)19(16,17)6-5-18-9(14)15/h1-4H,5-6H2,(H2,14,15). The van der Waals surface area contributed by atoms with Gasteiger partial charge in [-0.1, -0.05) is 0 Å². The van der Waals surface area contributed by atoms with E-state index in [0.29, 0.717) is 12.1 Å². The zero-order chi connectivity index (χ0) is 14.7. The lowest BCUT2D eigenvalue weighted by Crippen LogP contribution is -2.19. The van der Waals surface area contributed by atoms with Crippen molar-refractivity contribution in [1.82, 2.24) is 0 Å². The highest BCUT2D eigenvalue weighted by atomic mass is 32.2. The van der Waals surface area contributed by atoms with Crippen molar-refractivity contribution >= 4 is 15.9 Å². The SMILES string of the molecule is NC(=O)OCCS(=O)(=O)c1ccc(C(F)(F)F)cc1. The molecule has 0 spiro atoms. The van der Waals surface area contributed by atoms with Crippen LogP contribution in [0.5, 0.6) is 0 Å². The molecule has 0 heterocycles. The van der Waals surface area contributed by atoms with E-state index in [1.54, 1.807) is 0 Å². The van der Waals surface area contributed by atoms with Crippen LogP contribution >= 0.6 is 0 Å². The van der Waals surface area contributed by atoms with Crippen molar-refractivity contribution in [2.24, 2.45) is 5.73 Å². The van der Waals surface area contributed by atoms with Crippen LogP contribution in [0.25, 0.3) is 0 Å². The molecule has 9 heteroatoms. The highest BCUT2D eigenvalue weighted by molar-refractivity contribution is 7.91. The first kappa shape index (κ1) is 15.3. The van der Waals surface area contributed by atoms with Crippen LogP contribution in [0.4, 0.5) is 18.0 Å². The van der Waals surface area contributed by atoms with Crippen LogP contribution in [0.3, 0.4) is 0 Å². The van der Waals surface area contributed by atoms with Gasteiger partial charge in [0.1, 0.15) is 6.61 Å². The minimum absolute atomic E-state index is 0.284. The van der Waals surface area contributed by atoms with Gasteiger partial charge in [0.15, 0.2) is 9.84 Å². The minimum Gasteiger partial charge on any atom is -0.449 e. The molecule has 0 aliphatic rings. The van der Waals surface area contributed by atoms with E-state index >= 15 is 0 Å². The fourth-order valence-corrected chi connectivity index (χ4v) is 2.31. The number of rotatable bonds is 4. The number of primary amides is 1. The first-order valence-electron chi connectivity index (χ1n) is 4.95. The molecule has 2 N–H and O–H groups in total. The predicted molar refractivity (Wildman–Crippen MR) is 59.0 cm³/mol. The van der Waals surface area contributed by atoms with E-state index in [0.717, 1.165) is 12.1 Å². The molecule has 0 saturated carbocycles. The number of nitrogens with two attached hydrogens (primary N) is 1. The van der Waals surface area contributed by atoms with Gasteiger partial charge in [0, 0.05) is 0 Å². The van der Waals surface area contributed by atoms with Crippen molar-refractivity contribution in [3.05, 3.63) is 29.8 Å². The summed E-state index contributed by atoms with van der Waals surface area (Å²) in [6.07, 6.45) is -5.65. The zero-order valence-electron chi connectivity index (χ0n) is 9.48. The van der Waals surface area contributed by atoms with Gasteiger partial charge < -0.3 is 10.5 Å². The van der Waals surface area contributed by atoms with Crippen molar-refractivity contribution in [2.45, 2.75) is 11.1 Å². The largest absolute Gasteiger partial charge is 0.449 e. The number of halogens is 3. The molecule has 0 aromatic heterocycles. The fourth-order valence-electron chi connectivity index (χ4n) is 1.22. The number of carbonyl (C=O) groups excluding carboxylic acids is 1. The molecule has 0 aliphatic carbocycles. The first-order valence-corrected chi connectivity index (χ1v) is 6.60. The van der Waals surface area contributed by atoms with Crippen LogP contribution in [-0.2, 0) is 20.8 Å². The monoisotopic (exact) mass is 297 g/mol. The third-order valence-corrected chi connectivity index (χ3v) is 3.83. The molecule has 0 radical (unpaired) electrons. The number of carbonyl (C=O) groups is 1. The van der Waals surface area contributed by atoms with Gasteiger partial charge in [-0.2, -0.15) is 13.2 Å². The topological polar surface area (TPSA) is 86.5 Å². The van der Waals surface area contributed by atoms with Gasteiger partial charge in [0.05, 0.1) is 16.2 Å². The van der Waals surface area contributed by atoms with Gasteiger partial charge in [-0.25, -0.2) is 13.2 Å². The Morgan fingerprint density at radius 1 is 1.21 bits per heavy atom. The van der Waals surface area contributed by atoms with Crippen LogP contribution in [0.2, 0.25) is 0 Å². The average Bonchev–Trinajstić information content (AvgIpc) is 2.27. The van der Waals surface area contributed by atoms with Gasteiger partial charge in [-0.3, -0.25) is 0 Å². The second-order valence-corrected chi connectivity index (χ2v) is 5.62. The number of amides is 1. The summed E-state index contributed by atoms with van der Waals surface area (Å²) < 4.78 is 64.4. The maximum absolute atomic E-state index is 12.3.